The zero-order chi connectivity index (χ0) is 33.9. The molecule has 0 unspecified atom stereocenters. The zero-order valence-electron chi connectivity index (χ0n) is 26.1. The highest BCUT2D eigenvalue weighted by Crippen LogP contribution is 2.35. The number of benzene rings is 3. The summed E-state index contributed by atoms with van der Waals surface area (Å²) in [6.45, 7) is 3.67. The van der Waals surface area contributed by atoms with Crippen LogP contribution in [0.1, 0.15) is 42.1 Å². The molecule has 0 fully saturated rings. The predicted molar refractivity (Wildman–Crippen MR) is 180 cm³/mol. The summed E-state index contributed by atoms with van der Waals surface area (Å²) in [7, 11) is 2.80. The molecule has 246 valence electrons. The van der Waals surface area contributed by atoms with Crippen molar-refractivity contribution >= 4 is 40.8 Å². The maximum atomic E-state index is 12.5. The molecule has 0 spiro atoms. The number of nitriles is 1. The van der Waals surface area contributed by atoms with Crippen LogP contribution in [0.3, 0.4) is 0 Å². The van der Waals surface area contributed by atoms with Crippen molar-refractivity contribution < 1.29 is 38.4 Å². The van der Waals surface area contributed by atoms with E-state index in [-0.39, 0.29) is 18.8 Å². The molecule has 4 N–H and O–H groups in total. The minimum Gasteiger partial charge on any atom is -0.493 e. The Morgan fingerprint density at radius 1 is 1.13 bits per heavy atom. The first kappa shape index (κ1) is 34.9. The molecule has 0 saturated carbocycles. The predicted octanol–water partition coefficient (Wildman–Crippen LogP) is 4.27. The van der Waals surface area contributed by atoms with Gasteiger partial charge in [-0.1, -0.05) is 24.3 Å². The van der Waals surface area contributed by atoms with E-state index in [2.05, 4.69) is 49.8 Å². The maximum Gasteiger partial charge on any atom is 0.337 e. The summed E-state index contributed by atoms with van der Waals surface area (Å²) in [6.07, 6.45) is 0.277. The van der Waals surface area contributed by atoms with Gasteiger partial charge in [0.05, 0.1) is 50.3 Å². The zero-order valence-corrected chi connectivity index (χ0v) is 28.3. The number of hydrogen-bond donors (Lipinski definition) is 4. The van der Waals surface area contributed by atoms with Crippen LogP contribution in [0.5, 0.6) is 23.0 Å². The van der Waals surface area contributed by atoms with Crippen molar-refractivity contribution in [2.24, 2.45) is 5.10 Å². The van der Waals surface area contributed by atoms with Crippen molar-refractivity contribution in [2.75, 3.05) is 27.4 Å². The van der Waals surface area contributed by atoms with E-state index in [1.807, 2.05) is 24.3 Å². The number of urea groups is 1. The Kier molecular flexibility index (Phi) is 12.3. The summed E-state index contributed by atoms with van der Waals surface area (Å²) < 4.78 is 29.0. The number of hydrogen-bond acceptors (Lipinski definition) is 11. The van der Waals surface area contributed by atoms with E-state index >= 15 is 0 Å². The number of ether oxygens (including phenoxy) is 5. The number of halogens is 1. The lowest BCUT2D eigenvalue weighted by Gasteiger charge is -2.28. The van der Waals surface area contributed by atoms with Gasteiger partial charge in [0.2, 0.25) is 0 Å². The molecule has 2 atom stereocenters. The highest BCUT2D eigenvalue weighted by atomic mass is 127. The van der Waals surface area contributed by atoms with E-state index in [9.17, 15) is 20.0 Å². The molecular weight excluding hydrogens is 721 g/mol. The van der Waals surface area contributed by atoms with Gasteiger partial charge in [-0.2, -0.15) is 10.4 Å². The van der Waals surface area contributed by atoms with Gasteiger partial charge >= 0.3 is 12.0 Å². The Hall–Kier alpha value is -5.01. The number of methoxy groups -OCH3 is 2. The van der Waals surface area contributed by atoms with Crippen molar-refractivity contribution in [1.82, 2.24) is 16.1 Å². The fourth-order valence-corrected chi connectivity index (χ4v) is 5.33. The molecule has 1 aliphatic rings. The Morgan fingerprint density at radius 2 is 1.91 bits per heavy atom. The molecule has 14 heteroatoms. The van der Waals surface area contributed by atoms with Crippen molar-refractivity contribution in [3.63, 3.8) is 0 Å². The fourth-order valence-electron chi connectivity index (χ4n) is 4.71. The molecule has 1 heterocycles. The first-order chi connectivity index (χ1) is 22.7. The number of nitrogens with zero attached hydrogens (tertiary/aromatic N) is 2. The summed E-state index contributed by atoms with van der Waals surface area (Å²) in [5.41, 5.74) is 5.65. The quantitative estimate of drug-likeness (QED) is 0.0612. The SMILES string of the molecule is CCOc1cc([C@H]2NC(=O)NC(C)=C2C(=O)OC)ccc1OC[C@@H](O)N/N=C/c1cc(I)cc(OC)c1OCc1ccccc1C#N. The molecule has 0 aromatic heterocycles. The summed E-state index contributed by atoms with van der Waals surface area (Å²) in [4.78, 5) is 24.7. The van der Waals surface area contributed by atoms with Gasteiger partial charge in [0.15, 0.2) is 29.2 Å². The van der Waals surface area contributed by atoms with E-state index in [4.69, 9.17) is 23.7 Å². The molecule has 13 nitrogen and oxygen atoms in total. The maximum absolute atomic E-state index is 12.5. The van der Waals surface area contributed by atoms with Gasteiger partial charge in [0, 0.05) is 20.4 Å². The van der Waals surface area contributed by atoms with Gasteiger partial charge in [0.25, 0.3) is 0 Å². The van der Waals surface area contributed by atoms with Gasteiger partial charge < -0.3 is 39.4 Å². The number of esters is 1. The first-order valence-electron chi connectivity index (χ1n) is 14.4. The number of nitrogens with one attached hydrogen (secondary N) is 3. The molecule has 3 aromatic rings. The van der Waals surface area contributed by atoms with Crippen molar-refractivity contribution in [2.45, 2.75) is 32.7 Å². The van der Waals surface area contributed by atoms with E-state index in [0.29, 0.717) is 52.0 Å². The van der Waals surface area contributed by atoms with Gasteiger partial charge in [-0.15, -0.1) is 0 Å². The lowest BCUT2D eigenvalue weighted by atomic mass is 9.95. The minimum absolute atomic E-state index is 0.135. The van der Waals surface area contributed by atoms with Gasteiger partial charge in [-0.3, -0.25) is 5.43 Å². The standard InChI is InChI=1S/C33H34IN5O8/c1-5-45-26-13-20(30-29(32(41)44-4)19(2)37-33(42)38-30)10-11-25(26)46-18-28(40)39-36-16-23-12-24(34)14-27(43-3)31(23)47-17-22-9-7-6-8-21(22)15-35/h6-14,16,28,30,39-40H,5,17-18H2,1-4H3,(H2,37,38,42)/b36-16+/t28-,30-/m1/s1. The second-order valence-corrected chi connectivity index (χ2v) is 11.2. The molecule has 0 bridgehead atoms. The summed E-state index contributed by atoms with van der Waals surface area (Å²) in [5.74, 6) is 0.998. The second kappa shape index (κ2) is 16.5. The Morgan fingerprint density at radius 3 is 2.64 bits per heavy atom. The summed E-state index contributed by atoms with van der Waals surface area (Å²) in [5, 5.41) is 29.5. The van der Waals surface area contributed by atoms with E-state index < -0.39 is 24.3 Å². The number of allylic oxidation sites excluding steroid dienone is 1. The van der Waals surface area contributed by atoms with Gasteiger partial charge in [0.1, 0.15) is 13.2 Å². The van der Waals surface area contributed by atoms with Crippen molar-refractivity contribution in [1.29, 1.82) is 5.26 Å². The molecule has 2 amide bonds. The smallest absolute Gasteiger partial charge is 0.337 e. The lowest BCUT2D eigenvalue weighted by Crippen LogP contribution is -2.45. The molecular formula is C33H34IN5O8. The van der Waals surface area contributed by atoms with E-state index in [1.165, 1.54) is 20.4 Å². The van der Waals surface area contributed by atoms with Crippen LogP contribution in [-0.2, 0) is 16.1 Å². The average Bonchev–Trinajstić information content (AvgIpc) is 3.06. The number of aliphatic hydroxyl groups excluding tert-OH is 1. The van der Waals surface area contributed by atoms with Crippen LogP contribution in [0.25, 0.3) is 0 Å². The highest BCUT2D eigenvalue weighted by Gasteiger charge is 2.32. The number of amides is 2. The van der Waals surface area contributed by atoms with Gasteiger partial charge in [-0.25, -0.2) is 9.59 Å². The number of hydrazone groups is 1. The van der Waals surface area contributed by atoms with Crippen LogP contribution in [0, 0.1) is 14.9 Å². The van der Waals surface area contributed by atoms with Crippen molar-refractivity contribution in [3.05, 3.63) is 91.7 Å². The molecule has 3 aromatic carbocycles. The fraction of sp³-hybridized carbons (Fsp3) is 0.273. The Labute approximate surface area is 285 Å². The Bertz CT molecular complexity index is 1720. The molecule has 4 rings (SSSR count). The lowest BCUT2D eigenvalue weighted by molar-refractivity contribution is -0.136. The molecule has 0 radical (unpaired) electrons. The van der Waals surface area contributed by atoms with E-state index in [1.54, 1.807) is 44.2 Å². The van der Waals surface area contributed by atoms with Crippen LogP contribution in [0.15, 0.2) is 71.0 Å². The average molecular weight is 756 g/mol. The van der Waals surface area contributed by atoms with Crippen LogP contribution in [0.4, 0.5) is 4.79 Å². The third-order valence-electron chi connectivity index (χ3n) is 6.88. The second-order valence-electron chi connectivity index (χ2n) is 10.00. The third-order valence-corrected chi connectivity index (χ3v) is 7.50. The third kappa shape index (κ3) is 8.83. The molecule has 47 heavy (non-hydrogen) atoms. The Balaban J connectivity index is 1.45. The normalized spacial score (nSPS) is 14.8. The highest BCUT2D eigenvalue weighted by molar-refractivity contribution is 14.1. The summed E-state index contributed by atoms with van der Waals surface area (Å²) >= 11 is 2.15. The van der Waals surface area contributed by atoms with Crippen LogP contribution in [-0.4, -0.2) is 57.0 Å². The minimum atomic E-state index is -1.21. The van der Waals surface area contributed by atoms with Gasteiger partial charge in [-0.05, 0) is 72.3 Å². The monoisotopic (exact) mass is 755 g/mol. The largest absolute Gasteiger partial charge is 0.493 e. The van der Waals surface area contributed by atoms with Crippen LogP contribution in [0.2, 0.25) is 0 Å². The van der Waals surface area contributed by atoms with Crippen molar-refractivity contribution in [3.8, 4) is 29.1 Å². The summed E-state index contributed by atoms with van der Waals surface area (Å²) in [6, 6.07) is 16.7. The number of rotatable bonds is 14. The molecule has 0 aliphatic carbocycles. The number of carbonyl (C=O) groups is 2. The first-order valence-corrected chi connectivity index (χ1v) is 15.5. The number of carbonyl (C=O) groups excluding carboxylic acids is 2. The molecule has 0 saturated heterocycles. The van der Waals surface area contributed by atoms with Crippen LogP contribution < -0.4 is 35.0 Å². The van der Waals surface area contributed by atoms with Crippen LogP contribution >= 0.6 is 22.6 Å². The topological polar surface area (TPSA) is 173 Å². The molecule has 1 aliphatic heterocycles. The number of aliphatic hydroxyl groups is 1. The van der Waals surface area contributed by atoms with E-state index in [0.717, 1.165) is 9.13 Å².